The summed E-state index contributed by atoms with van der Waals surface area (Å²) < 4.78 is 6.27. The van der Waals surface area contributed by atoms with Gasteiger partial charge < -0.3 is 30.7 Å². The number of benzene rings is 2. The number of rotatable bonds is 9. The van der Waals surface area contributed by atoms with E-state index < -0.39 is 11.7 Å². The van der Waals surface area contributed by atoms with Crippen molar-refractivity contribution in [1.82, 2.24) is 30.4 Å². The first-order chi connectivity index (χ1) is 21.5. The zero-order valence-electron chi connectivity index (χ0n) is 24.8. The molecule has 2 saturated carbocycles. The summed E-state index contributed by atoms with van der Waals surface area (Å²) in [4.78, 5) is 8.96. The van der Waals surface area contributed by atoms with E-state index in [4.69, 9.17) is 27.9 Å². The molecule has 0 unspecified atom stereocenters. The van der Waals surface area contributed by atoms with E-state index in [2.05, 4.69) is 41.0 Å². The highest BCUT2D eigenvalue weighted by molar-refractivity contribution is 6.31. The molecule has 2 fully saturated rings. The number of aliphatic hydroxyl groups excluding tert-OH is 1. The van der Waals surface area contributed by atoms with Gasteiger partial charge in [0.1, 0.15) is 18.1 Å². The summed E-state index contributed by atoms with van der Waals surface area (Å²) in [5.41, 5.74) is 1.55. The fourth-order valence-electron chi connectivity index (χ4n) is 5.98. The highest BCUT2D eigenvalue weighted by Crippen LogP contribution is 2.38. The van der Waals surface area contributed by atoms with Crippen LogP contribution in [0.3, 0.4) is 0 Å². The Morgan fingerprint density at radius 2 is 1.53 bits per heavy atom. The molecule has 0 spiro atoms. The first kappa shape index (κ1) is 31.2. The van der Waals surface area contributed by atoms with Crippen molar-refractivity contribution < 1.29 is 20.1 Å². The summed E-state index contributed by atoms with van der Waals surface area (Å²) in [6.45, 7) is 3.64. The first-order valence-electron chi connectivity index (χ1n) is 14.8. The van der Waals surface area contributed by atoms with Gasteiger partial charge in [0.15, 0.2) is 23.3 Å². The van der Waals surface area contributed by atoms with Crippen LogP contribution >= 0.6 is 23.2 Å². The zero-order valence-corrected chi connectivity index (χ0v) is 26.3. The predicted molar refractivity (Wildman–Crippen MR) is 170 cm³/mol. The van der Waals surface area contributed by atoms with Gasteiger partial charge in [0.25, 0.3) is 0 Å². The lowest BCUT2D eigenvalue weighted by atomic mass is 9.77. The molecular formula is C31H34Cl2N8O4. The van der Waals surface area contributed by atoms with Crippen LogP contribution in [0.4, 0.5) is 11.6 Å². The molecule has 12 nitrogen and oxygen atoms in total. The molecule has 0 saturated heterocycles. The minimum Gasteiger partial charge on any atom is -0.507 e. The van der Waals surface area contributed by atoms with E-state index in [0.29, 0.717) is 62.8 Å². The van der Waals surface area contributed by atoms with Crippen molar-refractivity contribution in [1.29, 1.82) is 0 Å². The molecule has 5 N–H and O–H groups in total. The number of phenols is 1. The molecule has 45 heavy (non-hydrogen) atoms. The third-order valence-electron chi connectivity index (χ3n) is 8.17. The van der Waals surface area contributed by atoms with E-state index in [9.17, 15) is 15.3 Å². The lowest BCUT2D eigenvalue weighted by Gasteiger charge is -2.41. The van der Waals surface area contributed by atoms with Crippen LogP contribution in [0.5, 0.6) is 11.5 Å². The minimum atomic E-state index is -0.674. The van der Waals surface area contributed by atoms with Gasteiger partial charge in [-0.3, -0.25) is 0 Å². The predicted octanol–water partition coefficient (Wildman–Crippen LogP) is 5.33. The van der Waals surface area contributed by atoms with Gasteiger partial charge in [-0.2, -0.15) is 0 Å². The fourth-order valence-corrected chi connectivity index (χ4v) is 6.48. The van der Waals surface area contributed by atoms with Crippen LogP contribution in [0.25, 0.3) is 22.8 Å². The van der Waals surface area contributed by atoms with Crippen molar-refractivity contribution in [3.05, 3.63) is 57.8 Å². The van der Waals surface area contributed by atoms with Crippen LogP contribution in [0.15, 0.2) is 36.7 Å². The number of aromatic hydroxyl groups is 1. The standard InChI is InChI=1S/C31H34Cl2N8O4/c1-16-7-18(32)10-24(27(16)29-34-14-26(39-40-29)37-21-5-3-4-6-22(21)42)45-15-17-8-19(33)9-23(43)28(17)30-35-13-25(38-41-30)36-20-11-31(2,44)12-20/h7-10,13-14,20-22,42-44H,3-6,11-12,15H2,1-2H3,(H,36,38)(H,37,39)/t20?,21-,22-,31?/m1/s1. The van der Waals surface area contributed by atoms with E-state index in [0.717, 1.165) is 31.2 Å². The maximum atomic E-state index is 10.9. The van der Waals surface area contributed by atoms with Gasteiger partial charge >= 0.3 is 0 Å². The third-order valence-corrected chi connectivity index (χ3v) is 8.61. The molecule has 6 rings (SSSR count). The number of halogens is 2. The number of ether oxygens (including phenoxy) is 1. The number of aromatic nitrogens is 6. The highest BCUT2D eigenvalue weighted by atomic mass is 35.5. The lowest BCUT2D eigenvalue weighted by molar-refractivity contribution is -0.0235. The Balaban J connectivity index is 1.22. The SMILES string of the molecule is Cc1cc(Cl)cc(OCc2cc(Cl)cc(O)c2-c2ncc(NC3CC(C)(O)C3)nn2)c1-c1ncc(N[C@@H]2CCCC[C@H]2O)nn1. The van der Waals surface area contributed by atoms with Gasteiger partial charge in [0, 0.05) is 21.7 Å². The third kappa shape index (κ3) is 7.19. The van der Waals surface area contributed by atoms with Gasteiger partial charge in [0.2, 0.25) is 0 Å². The maximum Gasteiger partial charge on any atom is 0.186 e. The second-order valence-electron chi connectivity index (χ2n) is 12.0. The normalized spacial score (nSPS) is 22.8. The van der Waals surface area contributed by atoms with Gasteiger partial charge in [-0.15, -0.1) is 20.4 Å². The number of nitrogens with one attached hydrogen (secondary N) is 2. The molecule has 0 amide bonds. The van der Waals surface area contributed by atoms with Crippen LogP contribution in [0, 0.1) is 6.92 Å². The largest absolute Gasteiger partial charge is 0.507 e. The summed E-state index contributed by atoms with van der Waals surface area (Å²) in [5, 5.41) is 55.5. The summed E-state index contributed by atoms with van der Waals surface area (Å²) in [5.74, 6) is 1.76. The zero-order chi connectivity index (χ0) is 31.7. The van der Waals surface area contributed by atoms with Crippen LogP contribution < -0.4 is 15.4 Å². The number of anilines is 2. The topological polar surface area (TPSA) is 171 Å². The number of hydrogen-bond acceptors (Lipinski definition) is 12. The number of hydrogen-bond donors (Lipinski definition) is 5. The van der Waals surface area contributed by atoms with Crippen molar-refractivity contribution in [2.75, 3.05) is 10.6 Å². The van der Waals surface area contributed by atoms with Crippen molar-refractivity contribution in [2.24, 2.45) is 0 Å². The Morgan fingerprint density at radius 1 is 0.889 bits per heavy atom. The second kappa shape index (κ2) is 12.9. The van der Waals surface area contributed by atoms with Crippen LogP contribution in [0.2, 0.25) is 10.0 Å². The van der Waals surface area contributed by atoms with Gasteiger partial charge in [0.05, 0.1) is 41.3 Å². The molecule has 4 aromatic rings. The van der Waals surface area contributed by atoms with Crippen molar-refractivity contribution in [3.8, 4) is 34.3 Å². The molecule has 0 radical (unpaired) electrons. The number of phenolic OH excluding ortho intramolecular Hbond substituents is 1. The first-order valence-corrected chi connectivity index (χ1v) is 15.6. The molecule has 0 bridgehead atoms. The van der Waals surface area contributed by atoms with Crippen LogP contribution in [-0.4, -0.2) is 69.5 Å². The number of nitrogens with zero attached hydrogens (tertiary/aromatic N) is 6. The molecule has 2 atom stereocenters. The Labute approximate surface area is 270 Å². The second-order valence-corrected chi connectivity index (χ2v) is 12.9. The maximum absolute atomic E-state index is 10.9. The van der Waals surface area contributed by atoms with Gasteiger partial charge in [-0.25, -0.2) is 9.97 Å². The molecule has 2 heterocycles. The molecule has 2 aliphatic rings. The van der Waals surface area contributed by atoms with E-state index >= 15 is 0 Å². The Hall–Kier alpha value is -3.84. The molecule has 236 valence electrons. The van der Waals surface area contributed by atoms with Crippen LogP contribution in [0.1, 0.15) is 56.6 Å². The quantitative estimate of drug-likeness (QED) is 0.158. The molecule has 2 aliphatic carbocycles. The van der Waals surface area contributed by atoms with E-state index in [-0.39, 0.29) is 30.3 Å². The lowest BCUT2D eigenvalue weighted by Crippen LogP contribution is -2.48. The smallest absolute Gasteiger partial charge is 0.186 e. The average molecular weight is 654 g/mol. The van der Waals surface area contributed by atoms with E-state index in [1.807, 2.05) is 6.92 Å². The summed E-state index contributed by atoms with van der Waals surface area (Å²) >= 11 is 12.7. The molecular weight excluding hydrogens is 619 g/mol. The van der Waals surface area contributed by atoms with Crippen molar-refractivity contribution >= 4 is 34.8 Å². The monoisotopic (exact) mass is 652 g/mol. The number of aryl methyl sites for hydroxylation is 1. The highest BCUT2D eigenvalue weighted by Gasteiger charge is 2.38. The minimum absolute atomic E-state index is 0.0244. The number of aliphatic hydroxyl groups is 2. The molecule has 2 aromatic heterocycles. The van der Waals surface area contributed by atoms with Gasteiger partial charge in [-0.1, -0.05) is 36.0 Å². The van der Waals surface area contributed by atoms with Gasteiger partial charge in [-0.05, 0) is 69.4 Å². The summed E-state index contributed by atoms with van der Waals surface area (Å²) in [6, 6.07) is 6.51. The van der Waals surface area contributed by atoms with Crippen molar-refractivity contribution in [2.45, 2.75) is 82.8 Å². The molecule has 2 aromatic carbocycles. The average Bonchev–Trinajstić information content (AvgIpc) is 2.97. The molecule has 14 heteroatoms. The molecule has 0 aliphatic heterocycles. The van der Waals surface area contributed by atoms with Crippen LogP contribution in [-0.2, 0) is 6.61 Å². The Morgan fingerprint density at radius 3 is 2.18 bits per heavy atom. The summed E-state index contributed by atoms with van der Waals surface area (Å²) in [6.07, 6.45) is 7.56. The van der Waals surface area contributed by atoms with E-state index in [1.54, 1.807) is 31.3 Å². The Bertz CT molecular complexity index is 1670. The summed E-state index contributed by atoms with van der Waals surface area (Å²) in [7, 11) is 0. The van der Waals surface area contributed by atoms with E-state index in [1.165, 1.54) is 12.3 Å². The Kier molecular flexibility index (Phi) is 8.91. The van der Waals surface area contributed by atoms with Crippen molar-refractivity contribution in [3.63, 3.8) is 0 Å². The fraction of sp³-hybridized carbons (Fsp3) is 0.419.